The number of carbonyl (C=O) groups excluding carboxylic acids is 2. The maximum absolute atomic E-state index is 12.7. The number of carboxylic acids is 1. The number of benzene rings is 1. The van der Waals surface area contributed by atoms with Gasteiger partial charge in [-0.25, -0.2) is 13.6 Å². The summed E-state index contributed by atoms with van der Waals surface area (Å²) in [5.41, 5.74) is -0.611. The van der Waals surface area contributed by atoms with Crippen molar-refractivity contribution in [3.05, 3.63) is 24.3 Å². The number of nitrogens with zero attached hydrogens (tertiary/aromatic N) is 2. The molecule has 2 saturated heterocycles. The van der Waals surface area contributed by atoms with E-state index < -0.39 is 27.3 Å². The fourth-order valence-corrected chi connectivity index (χ4v) is 4.09. The van der Waals surface area contributed by atoms with Gasteiger partial charge < -0.3 is 14.9 Å². The van der Waals surface area contributed by atoms with Crippen LogP contribution in [0, 0.1) is 11.3 Å². The van der Waals surface area contributed by atoms with E-state index >= 15 is 0 Å². The second-order valence-corrected chi connectivity index (χ2v) is 8.88. The molecule has 0 spiro atoms. The first kappa shape index (κ1) is 19.3. The molecule has 3 N–H and O–H groups in total. The Kier molecular flexibility index (Phi) is 4.73. The van der Waals surface area contributed by atoms with Crippen molar-refractivity contribution in [2.75, 3.05) is 24.5 Å². The Balaban J connectivity index is 1.75. The first-order valence-electron chi connectivity index (χ1n) is 8.47. The zero-order chi connectivity index (χ0) is 20.0. The molecule has 2 fully saturated rings. The molecule has 2 aliphatic rings. The van der Waals surface area contributed by atoms with Crippen LogP contribution in [-0.2, 0) is 24.4 Å². The zero-order valence-corrected chi connectivity index (χ0v) is 15.6. The van der Waals surface area contributed by atoms with Crippen molar-refractivity contribution in [3.63, 3.8) is 0 Å². The van der Waals surface area contributed by atoms with Crippen LogP contribution in [0.3, 0.4) is 0 Å². The number of sulfonamides is 1. The quantitative estimate of drug-likeness (QED) is 0.736. The van der Waals surface area contributed by atoms with Crippen LogP contribution in [0.15, 0.2) is 29.2 Å². The van der Waals surface area contributed by atoms with Gasteiger partial charge in [-0.15, -0.1) is 0 Å². The average Bonchev–Trinajstić information content (AvgIpc) is 3.18. The number of carboxylic acid groups (broad SMARTS) is 1. The highest BCUT2D eigenvalue weighted by atomic mass is 32.2. The summed E-state index contributed by atoms with van der Waals surface area (Å²) in [4.78, 5) is 39.2. The topological polar surface area (TPSA) is 138 Å². The minimum atomic E-state index is -3.91. The Hall–Kier alpha value is -2.46. The van der Waals surface area contributed by atoms with Gasteiger partial charge in [0.1, 0.15) is 0 Å². The maximum Gasteiger partial charge on any atom is 0.311 e. The van der Waals surface area contributed by atoms with E-state index in [1.807, 2.05) is 0 Å². The lowest BCUT2D eigenvalue weighted by Gasteiger charge is -2.23. The predicted octanol–water partition coefficient (Wildman–Crippen LogP) is 0.0101. The van der Waals surface area contributed by atoms with Crippen molar-refractivity contribution in [2.24, 2.45) is 16.5 Å². The van der Waals surface area contributed by atoms with E-state index in [1.54, 1.807) is 13.0 Å². The van der Waals surface area contributed by atoms with Crippen LogP contribution in [0.25, 0.3) is 0 Å². The molecule has 2 aliphatic heterocycles. The van der Waals surface area contributed by atoms with Gasteiger partial charge >= 0.3 is 5.97 Å². The van der Waals surface area contributed by atoms with Crippen molar-refractivity contribution in [2.45, 2.75) is 24.7 Å². The lowest BCUT2D eigenvalue weighted by Crippen LogP contribution is -2.39. The van der Waals surface area contributed by atoms with Crippen LogP contribution >= 0.6 is 0 Å². The van der Waals surface area contributed by atoms with Crippen LogP contribution in [0.2, 0.25) is 0 Å². The molecular formula is C17H21N3O6S. The Bertz CT molecular complexity index is 915. The maximum atomic E-state index is 12.7. The number of aliphatic carboxylic acids is 1. The molecule has 1 aromatic rings. The molecule has 0 aromatic heterocycles. The van der Waals surface area contributed by atoms with Crippen LogP contribution in [0.4, 0.5) is 5.69 Å². The highest BCUT2D eigenvalue weighted by Crippen LogP contribution is 2.33. The zero-order valence-electron chi connectivity index (χ0n) is 14.8. The number of hydrogen-bond acceptors (Lipinski definition) is 5. The number of rotatable bonds is 4. The molecule has 0 aliphatic carbocycles. The minimum Gasteiger partial charge on any atom is -0.481 e. The van der Waals surface area contributed by atoms with Gasteiger partial charge in [0.2, 0.25) is 21.8 Å². The molecule has 1 aromatic carbocycles. The Morgan fingerprint density at radius 3 is 2.63 bits per heavy atom. The van der Waals surface area contributed by atoms with Gasteiger partial charge in [-0.2, -0.15) is 0 Å². The summed E-state index contributed by atoms with van der Waals surface area (Å²) in [6.45, 7) is 2.18. The predicted molar refractivity (Wildman–Crippen MR) is 95.2 cm³/mol. The fraction of sp³-hybridized carbons (Fsp3) is 0.471. The summed E-state index contributed by atoms with van der Waals surface area (Å²) in [5, 5.41) is 14.4. The van der Waals surface area contributed by atoms with E-state index in [-0.39, 0.29) is 36.2 Å². The third-order valence-electron chi connectivity index (χ3n) is 5.23. The molecule has 2 heterocycles. The monoisotopic (exact) mass is 395 g/mol. The molecule has 3 rings (SSSR count). The second kappa shape index (κ2) is 6.61. The number of anilines is 1. The van der Waals surface area contributed by atoms with Gasteiger partial charge in [0, 0.05) is 31.7 Å². The SMILES string of the molecule is CC1(C(=O)O)CCN(C(=O)C2CC(=O)N(c3cccc(S(N)(=O)=O)c3)C2)C1. The molecule has 9 nitrogen and oxygen atoms in total. The van der Waals surface area contributed by atoms with Gasteiger partial charge in [-0.1, -0.05) is 6.07 Å². The van der Waals surface area contributed by atoms with Crippen LogP contribution in [-0.4, -0.2) is 55.8 Å². The molecule has 0 radical (unpaired) electrons. The summed E-state index contributed by atoms with van der Waals surface area (Å²) in [5.74, 6) is -2.08. The third kappa shape index (κ3) is 3.67. The van der Waals surface area contributed by atoms with E-state index in [9.17, 15) is 27.9 Å². The van der Waals surface area contributed by atoms with E-state index in [4.69, 9.17) is 5.14 Å². The van der Waals surface area contributed by atoms with E-state index in [0.717, 1.165) is 0 Å². The number of nitrogens with two attached hydrogens (primary N) is 1. The van der Waals surface area contributed by atoms with E-state index in [0.29, 0.717) is 18.7 Å². The highest BCUT2D eigenvalue weighted by Gasteiger charge is 2.45. The van der Waals surface area contributed by atoms with Crippen molar-refractivity contribution >= 4 is 33.5 Å². The van der Waals surface area contributed by atoms with Crippen molar-refractivity contribution in [1.82, 2.24) is 4.90 Å². The van der Waals surface area contributed by atoms with Gasteiger partial charge in [0.05, 0.1) is 16.2 Å². The normalized spacial score (nSPS) is 25.9. The van der Waals surface area contributed by atoms with Gasteiger partial charge in [0.25, 0.3) is 0 Å². The first-order valence-corrected chi connectivity index (χ1v) is 10.0. The fourth-order valence-electron chi connectivity index (χ4n) is 3.53. The Morgan fingerprint density at radius 2 is 2.04 bits per heavy atom. The number of carbonyl (C=O) groups is 3. The summed E-state index contributed by atoms with van der Waals surface area (Å²) >= 11 is 0. The molecule has 27 heavy (non-hydrogen) atoms. The van der Waals surface area contributed by atoms with Crippen LogP contribution in [0.1, 0.15) is 19.8 Å². The number of likely N-dealkylation sites (tertiary alicyclic amines) is 1. The number of hydrogen-bond donors (Lipinski definition) is 2. The standard InChI is InChI=1S/C17H21N3O6S/c1-17(16(23)24)5-6-19(10-17)15(22)11-7-14(21)20(9-11)12-3-2-4-13(8-12)27(18,25)26/h2-4,8,11H,5-7,9-10H2,1H3,(H,23,24)(H2,18,25,26). The Labute approximate surface area is 156 Å². The van der Waals surface area contributed by atoms with Crippen molar-refractivity contribution < 1.29 is 27.9 Å². The molecule has 0 saturated carbocycles. The smallest absolute Gasteiger partial charge is 0.311 e. The van der Waals surface area contributed by atoms with E-state index in [1.165, 1.54) is 28.0 Å². The van der Waals surface area contributed by atoms with Crippen molar-refractivity contribution in [3.8, 4) is 0 Å². The van der Waals surface area contributed by atoms with Crippen LogP contribution < -0.4 is 10.0 Å². The first-order chi connectivity index (χ1) is 12.5. The summed E-state index contributed by atoms with van der Waals surface area (Å²) in [7, 11) is -3.91. The number of amides is 2. The lowest BCUT2D eigenvalue weighted by molar-refractivity contribution is -0.147. The molecule has 2 amide bonds. The summed E-state index contributed by atoms with van der Waals surface area (Å²) in [6, 6.07) is 5.70. The van der Waals surface area contributed by atoms with Gasteiger partial charge in [-0.05, 0) is 31.5 Å². The molecule has 0 bridgehead atoms. The van der Waals surface area contributed by atoms with Gasteiger partial charge in [-0.3, -0.25) is 14.4 Å². The van der Waals surface area contributed by atoms with Gasteiger partial charge in [0.15, 0.2) is 0 Å². The summed E-state index contributed by atoms with van der Waals surface area (Å²) < 4.78 is 23.0. The van der Waals surface area contributed by atoms with E-state index in [2.05, 4.69) is 0 Å². The molecular weight excluding hydrogens is 374 g/mol. The number of primary sulfonamides is 1. The average molecular weight is 395 g/mol. The Morgan fingerprint density at radius 1 is 1.33 bits per heavy atom. The second-order valence-electron chi connectivity index (χ2n) is 7.32. The molecule has 146 valence electrons. The van der Waals surface area contributed by atoms with Crippen LogP contribution in [0.5, 0.6) is 0 Å². The molecule has 2 atom stereocenters. The highest BCUT2D eigenvalue weighted by molar-refractivity contribution is 7.89. The molecule has 2 unspecified atom stereocenters. The molecule has 10 heteroatoms. The minimum absolute atomic E-state index is 0.00127. The summed E-state index contributed by atoms with van der Waals surface area (Å²) in [6.07, 6.45) is 0.369. The lowest BCUT2D eigenvalue weighted by atomic mass is 9.90. The third-order valence-corrected chi connectivity index (χ3v) is 6.14. The van der Waals surface area contributed by atoms with Crippen molar-refractivity contribution in [1.29, 1.82) is 0 Å². The largest absolute Gasteiger partial charge is 0.481 e.